The van der Waals surface area contributed by atoms with Crippen LogP contribution in [0.25, 0.3) is 22.6 Å². The van der Waals surface area contributed by atoms with Crippen LogP contribution in [0.3, 0.4) is 0 Å². The van der Waals surface area contributed by atoms with Gasteiger partial charge in [-0.2, -0.15) is 0 Å². The van der Waals surface area contributed by atoms with E-state index in [0.29, 0.717) is 5.69 Å². The van der Waals surface area contributed by atoms with E-state index in [1.54, 1.807) is 0 Å². The highest BCUT2D eigenvalue weighted by molar-refractivity contribution is 5.86. The SMILES string of the molecule is Cc1cc(-c2ccc(C)o2)c(N)c(-c2ccc(C)o2)c1. The van der Waals surface area contributed by atoms with Crippen LogP contribution in [-0.2, 0) is 0 Å². The molecule has 102 valence electrons. The zero-order chi connectivity index (χ0) is 14.3. The molecule has 1 aromatic carbocycles. The van der Waals surface area contributed by atoms with Crippen LogP contribution in [0.4, 0.5) is 5.69 Å². The number of nitrogens with two attached hydrogens (primary N) is 1. The summed E-state index contributed by atoms with van der Waals surface area (Å²) >= 11 is 0. The first-order chi connectivity index (χ1) is 9.54. The third-order valence-electron chi connectivity index (χ3n) is 3.34. The molecule has 20 heavy (non-hydrogen) atoms. The Morgan fingerprint density at radius 3 is 1.55 bits per heavy atom. The van der Waals surface area contributed by atoms with Gasteiger partial charge in [0.15, 0.2) is 0 Å². The molecule has 3 aromatic rings. The molecule has 0 spiro atoms. The summed E-state index contributed by atoms with van der Waals surface area (Å²) < 4.78 is 11.4. The zero-order valence-corrected chi connectivity index (χ0v) is 11.9. The van der Waals surface area contributed by atoms with E-state index in [1.165, 1.54) is 0 Å². The summed E-state index contributed by atoms with van der Waals surface area (Å²) in [6.45, 7) is 5.89. The standard InChI is InChI=1S/C17H17NO2/c1-10-8-13(15-6-4-11(2)19-15)17(18)14(9-10)16-7-5-12(3)20-16/h4-9H,18H2,1-3H3. The fraction of sp³-hybridized carbons (Fsp3) is 0.176. The molecule has 2 N–H and O–H groups in total. The Bertz CT molecular complexity index is 704. The lowest BCUT2D eigenvalue weighted by atomic mass is 10.0. The van der Waals surface area contributed by atoms with E-state index >= 15 is 0 Å². The number of nitrogen functional groups attached to an aromatic ring is 1. The minimum absolute atomic E-state index is 0.680. The molecule has 0 radical (unpaired) electrons. The number of anilines is 1. The van der Waals surface area contributed by atoms with Crippen LogP contribution in [0.5, 0.6) is 0 Å². The molecule has 0 unspecified atom stereocenters. The third-order valence-corrected chi connectivity index (χ3v) is 3.34. The maximum absolute atomic E-state index is 6.31. The van der Waals surface area contributed by atoms with Crippen LogP contribution in [0.1, 0.15) is 17.1 Å². The molecule has 3 heteroatoms. The van der Waals surface area contributed by atoms with E-state index < -0.39 is 0 Å². The molecule has 0 atom stereocenters. The van der Waals surface area contributed by atoms with Gasteiger partial charge in [-0.3, -0.25) is 0 Å². The number of furan rings is 2. The molecule has 2 heterocycles. The highest BCUT2D eigenvalue weighted by Gasteiger charge is 2.14. The Hall–Kier alpha value is -2.42. The van der Waals surface area contributed by atoms with Crippen LogP contribution in [-0.4, -0.2) is 0 Å². The largest absolute Gasteiger partial charge is 0.461 e. The van der Waals surface area contributed by atoms with Crippen LogP contribution in [0.15, 0.2) is 45.2 Å². The molecular weight excluding hydrogens is 250 g/mol. The van der Waals surface area contributed by atoms with Crippen molar-refractivity contribution < 1.29 is 8.83 Å². The van der Waals surface area contributed by atoms with Crippen molar-refractivity contribution in [1.29, 1.82) is 0 Å². The number of aryl methyl sites for hydroxylation is 3. The highest BCUT2D eigenvalue weighted by atomic mass is 16.3. The lowest BCUT2D eigenvalue weighted by molar-refractivity contribution is 0.547. The van der Waals surface area contributed by atoms with E-state index in [2.05, 4.69) is 0 Å². The normalized spacial score (nSPS) is 10.9. The Kier molecular flexibility index (Phi) is 2.90. The van der Waals surface area contributed by atoms with Crippen LogP contribution >= 0.6 is 0 Å². The van der Waals surface area contributed by atoms with Gasteiger partial charge in [-0.15, -0.1) is 0 Å². The minimum atomic E-state index is 0.680. The maximum Gasteiger partial charge on any atom is 0.136 e. The Balaban J connectivity index is 2.20. The van der Waals surface area contributed by atoms with Crippen molar-refractivity contribution in [3.63, 3.8) is 0 Å². The van der Waals surface area contributed by atoms with Gasteiger partial charge in [0.1, 0.15) is 23.0 Å². The molecule has 0 aliphatic rings. The number of rotatable bonds is 2. The van der Waals surface area contributed by atoms with Gasteiger partial charge >= 0.3 is 0 Å². The lowest BCUT2D eigenvalue weighted by Crippen LogP contribution is -1.94. The van der Waals surface area contributed by atoms with E-state index in [9.17, 15) is 0 Å². The molecule has 0 fully saturated rings. The molecule has 0 saturated carbocycles. The number of benzene rings is 1. The van der Waals surface area contributed by atoms with Crippen molar-refractivity contribution in [2.75, 3.05) is 5.73 Å². The quantitative estimate of drug-likeness (QED) is 0.684. The fourth-order valence-electron chi connectivity index (χ4n) is 2.36. The van der Waals surface area contributed by atoms with Gasteiger partial charge in [-0.25, -0.2) is 0 Å². The van der Waals surface area contributed by atoms with Crippen molar-refractivity contribution in [2.24, 2.45) is 0 Å². The van der Waals surface area contributed by atoms with Gasteiger partial charge in [0, 0.05) is 11.1 Å². The number of hydrogen-bond donors (Lipinski definition) is 1. The summed E-state index contributed by atoms with van der Waals surface area (Å²) in [5.41, 5.74) is 9.92. The fourth-order valence-corrected chi connectivity index (χ4v) is 2.36. The summed E-state index contributed by atoms with van der Waals surface area (Å²) in [6.07, 6.45) is 0. The molecule has 0 saturated heterocycles. The molecule has 3 rings (SSSR count). The van der Waals surface area contributed by atoms with Crippen LogP contribution in [0.2, 0.25) is 0 Å². The Morgan fingerprint density at radius 2 is 1.20 bits per heavy atom. The summed E-state index contributed by atoms with van der Waals surface area (Å²) in [4.78, 5) is 0. The van der Waals surface area contributed by atoms with E-state index in [0.717, 1.165) is 39.7 Å². The Morgan fingerprint density at radius 1 is 0.750 bits per heavy atom. The third kappa shape index (κ3) is 2.11. The van der Waals surface area contributed by atoms with Crippen LogP contribution < -0.4 is 5.73 Å². The smallest absolute Gasteiger partial charge is 0.136 e. The Labute approximate surface area is 118 Å². The van der Waals surface area contributed by atoms with Crippen molar-refractivity contribution in [1.82, 2.24) is 0 Å². The van der Waals surface area contributed by atoms with Gasteiger partial charge in [0.2, 0.25) is 0 Å². The molecule has 3 nitrogen and oxygen atoms in total. The predicted octanol–water partition coefficient (Wildman–Crippen LogP) is 4.71. The van der Waals surface area contributed by atoms with E-state index in [-0.39, 0.29) is 0 Å². The maximum atomic E-state index is 6.31. The van der Waals surface area contributed by atoms with Crippen molar-refractivity contribution in [3.05, 3.63) is 53.5 Å². The highest BCUT2D eigenvalue weighted by Crippen LogP contribution is 2.37. The molecule has 0 aliphatic heterocycles. The van der Waals surface area contributed by atoms with Crippen molar-refractivity contribution in [3.8, 4) is 22.6 Å². The molecule has 0 amide bonds. The van der Waals surface area contributed by atoms with Crippen LogP contribution in [0, 0.1) is 20.8 Å². The van der Waals surface area contributed by atoms with E-state index in [1.807, 2.05) is 57.2 Å². The summed E-state index contributed by atoms with van der Waals surface area (Å²) in [6, 6.07) is 11.8. The average molecular weight is 267 g/mol. The van der Waals surface area contributed by atoms with Gasteiger partial charge in [-0.05, 0) is 62.7 Å². The number of hydrogen-bond acceptors (Lipinski definition) is 3. The molecule has 0 aliphatic carbocycles. The van der Waals surface area contributed by atoms with Gasteiger partial charge in [0.05, 0.1) is 5.69 Å². The zero-order valence-electron chi connectivity index (χ0n) is 11.9. The van der Waals surface area contributed by atoms with Crippen molar-refractivity contribution >= 4 is 5.69 Å². The van der Waals surface area contributed by atoms with Crippen molar-refractivity contribution in [2.45, 2.75) is 20.8 Å². The monoisotopic (exact) mass is 267 g/mol. The first kappa shape index (κ1) is 12.6. The summed E-state index contributed by atoms with van der Waals surface area (Å²) in [7, 11) is 0. The van der Waals surface area contributed by atoms with Gasteiger partial charge in [-0.1, -0.05) is 0 Å². The average Bonchev–Trinajstić information content (AvgIpc) is 3.01. The minimum Gasteiger partial charge on any atom is -0.461 e. The van der Waals surface area contributed by atoms with Gasteiger partial charge < -0.3 is 14.6 Å². The molecule has 2 aromatic heterocycles. The topological polar surface area (TPSA) is 52.3 Å². The first-order valence-corrected chi connectivity index (χ1v) is 6.58. The molecular formula is C17H17NO2. The van der Waals surface area contributed by atoms with E-state index in [4.69, 9.17) is 14.6 Å². The van der Waals surface area contributed by atoms with Gasteiger partial charge in [0.25, 0.3) is 0 Å². The first-order valence-electron chi connectivity index (χ1n) is 6.58. The second-order valence-corrected chi connectivity index (χ2v) is 5.09. The molecule has 0 bridgehead atoms. The summed E-state index contributed by atoms with van der Waals surface area (Å²) in [5, 5.41) is 0. The lowest BCUT2D eigenvalue weighted by Gasteiger charge is -2.10. The second kappa shape index (κ2) is 4.60. The predicted molar refractivity (Wildman–Crippen MR) is 80.5 cm³/mol. The summed E-state index contributed by atoms with van der Waals surface area (Å²) in [5.74, 6) is 3.31. The second-order valence-electron chi connectivity index (χ2n) is 5.09.